The summed E-state index contributed by atoms with van der Waals surface area (Å²) in [6.07, 6.45) is 1.69. The molecule has 0 aliphatic rings. The van der Waals surface area contributed by atoms with Gasteiger partial charge in [0.1, 0.15) is 0 Å². The van der Waals surface area contributed by atoms with E-state index < -0.39 is 0 Å². The number of rotatable bonds is 3. The Morgan fingerprint density at radius 3 is 2.76 bits per heavy atom. The van der Waals surface area contributed by atoms with Crippen LogP contribution in [0.2, 0.25) is 0 Å². The summed E-state index contributed by atoms with van der Waals surface area (Å²) in [5.41, 5.74) is 7.12. The maximum absolute atomic E-state index is 11.5. The van der Waals surface area contributed by atoms with Gasteiger partial charge in [0.25, 0.3) is 0 Å². The zero-order valence-electron chi connectivity index (χ0n) is 9.33. The van der Waals surface area contributed by atoms with Crippen molar-refractivity contribution in [1.29, 1.82) is 0 Å². The Labute approximate surface area is 103 Å². The van der Waals surface area contributed by atoms with Crippen molar-refractivity contribution in [3.8, 4) is 0 Å². The number of nitrogens with zero attached hydrogens (tertiary/aromatic N) is 3. The number of hydrogen-bond donors (Lipinski definition) is 1. The lowest BCUT2D eigenvalue weighted by molar-refractivity contribution is 0.108. The van der Waals surface area contributed by atoms with Crippen LogP contribution >= 0.6 is 11.8 Å². The fourth-order valence-corrected chi connectivity index (χ4v) is 1.77. The van der Waals surface area contributed by atoms with Crippen LogP contribution in [-0.4, -0.2) is 26.4 Å². The van der Waals surface area contributed by atoms with Crippen LogP contribution in [0.4, 0.5) is 5.82 Å². The Morgan fingerprint density at radius 2 is 2.12 bits per heavy atom. The van der Waals surface area contributed by atoms with E-state index in [4.69, 9.17) is 5.73 Å². The SMILES string of the molecule is CSC(=O)c1nnn(Cc2ccccc2)c1N. The van der Waals surface area contributed by atoms with Crippen LogP contribution < -0.4 is 5.73 Å². The van der Waals surface area contributed by atoms with Gasteiger partial charge in [-0.25, -0.2) is 4.68 Å². The smallest absolute Gasteiger partial charge is 0.243 e. The van der Waals surface area contributed by atoms with Gasteiger partial charge in [-0.15, -0.1) is 5.10 Å². The number of aromatic nitrogens is 3. The number of anilines is 1. The largest absolute Gasteiger partial charge is 0.382 e. The summed E-state index contributed by atoms with van der Waals surface area (Å²) >= 11 is 1.08. The fraction of sp³-hybridized carbons (Fsp3) is 0.182. The molecule has 0 saturated heterocycles. The van der Waals surface area contributed by atoms with Crippen LogP contribution in [0.25, 0.3) is 0 Å². The Morgan fingerprint density at radius 1 is 1.41 bits per heavy atom. The number of carbonyl (C=O) groups excluding carboxylic acids is 1. The Hall–Kier alpha value is -1.82. The number of benzene rings is 1. The van der Waals surface area contributed by atoms with E-state index in [1.807, 2.05) is 30.3 Å². The molecule has 2 rings (SSSR count). The number of thioether (sulfide) groups is 1. The molecule has 0 atom stereocenters. The lowest BCUT2D eigenvalue weighted by Crippen LogP contribution is -2.07. The molecule has 0 amide bonds. The highest BCUT2D eigenvalue weighted by Crippen LogP contribution is 2.15. The van der Waals surface area contributed by atoms with Crippen LogP contribution in [0.5, 0.6) is 0 Å². The Kier molecular flexibility index (Phi) is 3.43. The first-order chi connectivity index (χ1) is 8.22. The summed E-state index contributed by atoms with van der Waals surface area (Å²) in [5, 5.41) is 7.52. The standard InChI is InChI=1S/C11H12N4OS/c1-17-11(16)9-10(12)15(14-13-9)7-8-5-3-2-4-6-8/h2-6H,7,12H2,1H3. The van der Waals surface area contributed by atoms with E-state index in [0.29, 0.717) is 12.4 Å². The molecule has 0 saturated carbocycles. The highest BCUT2D eigenvalue weighted by Gasteiger charge is 2.16. The summed E-state index contributed by atoms with van der Waals surface area (Å²) in [4.78, 5) is 11.5. The van der Waals surface area contributed by atoms with Crippen LogP contribution in [0, 0.1) is 0 Å². The minimum atomic E-state index is -0.165. The molecule has 0 spiro atoms. The van der Waals surface area contributed by atoms with Gasteiger partial charge in [-0.1, -0.05) is 47.3 Å². The summed E-state index contributed by atoms with van der Waals surface area (Å²) in [7, 11) is 0. The molecule has 2 aromatic rings. The van der Waals surface area contributed by atoms with Gasteiger partial charge in [0.2, 0.25) is 5.12 Å². The van der Waals surface area contributed by atoms with Gasteiger partial charge in [-0.05, 0) is 11.8 Å². The van der Waals surface area contributed by atoms with Gasteiger partial charge in [0, 0.05) is 0 Å². The second-order valence-electron chi connectivity index (χ2n) is 3.46. The average molecular weight is 248 g/mol. The van der Waals surface area contributed by atoms with Crippen molar-refractivity contribution in [3.63, 3.8) is 0 Å². The van der Waals surface area contributed by atoms with Crippen LogP contribution in [0.1, 0.15) is 16.1 Å². The van der Waals surface area contributed by atoms with Crippen LogP contribution in [0.3, 0.4) is 0 Å². The van der Waals surface area contributed by atoms with Crippen LogP contribution in [0.15, 0.2) is 30.3 Å². The number of carbonyl (C=O) groups is 1. The maximum Gasteiger partial charge on any atom is 0.243 e. The maximum atomic E-state index is 11.5. The normalized spacial score (nSPS) is 10.4. The van der Waals surface area contributed by atoms with E-state index in [9.17, 15) is 4.79 Å². The van der Waals surface area contributed by atoms with Crippen LogP contribution in [-0.2, 0) is 6.54 Å². The molecular weight excluding hydrogens is 236 g/mol. The first kappa shape index (κ1) is 11.7. The molecule has 88 valence electrons. The second-order valence-corrected chi connectivity index (χ2v) is 4.24. The predicted octanol–water partition coefficient (Wildman–Crippen LogP) is 1.41. The molecule has 1 aromatic heterocycles. The third-order valence-electron chi connectivity index (χ3n) is 2.33. The topological polar surface area (TPSA) is 73.8 Å². The molecular formula is C11H12N4OS. The van der Waals surface area contributed by atoms with E-state index in [2.05, 4.69) is 10.3 Å². The molecule has 0 bridgehead atoms. The monoisotopic (exact) mass is 248 g/mol. The second kappa shape index (κ2) is 5.01. The molecule has 5 nitrogen and oxygen atoms in total. The van der Waals surface area contributed by atoms with Gasteiger partial charge >= 0.3 is 0 Å². The van der Waals surface area contributed by atoms with Crippen molar-refractivity contribution in [2.45, 2.75) is 6.54 Å². The molecule has 6 heteroatoms. The van der Waals surface area contributed by atoms with E-state index in [0.717, 1.165) is 17.3 Å². The third-order valence-corrected chi connectivity index (χ3v) is 2.89. The number of nitrogen functional groups attached to an aromatic ring is 1. The zero-order chi connectivity index (χ0) is 12.3. The first-order valence-electron chi connectivity index (χ1n) is 5.03. The van der Waals surface area contributed by atoms with Gasteiger partial charge in [0.15, 0.2) is 11.5 Å². The highest BCUT2D eigenvalue weighted by molar-refractivity contribution is 8.13. The zero-order valence-corrected chi connectivity index (χ0v) is 10.1. The van der Waals surface area contributed by atoms with Crippen molar-refractivity contribution < 1.29 is 4.79 Å². The van der Waals surface area contributed by atoms with Gasteiger partial charge < -0.3 is 5.73 Å². The van der Waals surface area contributed by atoms with E-state index in [1.54, 1.807) is 6.26 Å². The Bertz CT molecular complexity index is 524. The lowest BCUT2D eigenvalue weighted by Gasteiger charge is -2.02. The quantitative estimate of drug-likeness (QED) is 0.889. The van der Waals surface area contributed by atoms with E-state index >= 15 is 0 Å². The molecule has 0 aliphatic heterocycles. The Balaban J connectivity index is 2.24. The highest BCUT2D eigenvalue weighted by atomic mass is 32.2. The van der Waals surface area contributed by atoms with Gasteiger partial charge in [-0.3, -0.25) is 4.79 Å². The van der Waals surface area contributed by atoms with Gasteiger partial charge in [0.05, 0.1) is 6.54 Å². The number of hydrogen-bond acceptors (Lipinski definition) is 5. The van der Waals surface area contributed by atoms with Crippen molar-refractivity contribution in [3.05, 3.63) is 41.6 Å². The summed E-state index contributed by atoms with van der Waals surface area (Å²) in [6, 6.07) is 9.76. The summed E-state index contributed by atoms with van der Waals surface area (Å²) < 4.78 is 1.53. The van der Waals surface area contributed by atoms with E-state index in [1.165, 1.54) is 4.68 Å². The molecule has 0 fully saturated rings. The molecule has 1 aromatic carbocycles. The van der Waals surface area contributed by atoms with Crippen molar-refractivity contribution >= 4 is 22.7 Å². The fourth-order valence-electron chi connectivity index (χ4n) is 1.44. The third kappa shape index (κ3) is 2.47. The van der Waals surface area contributed by atoms with Crippen molar-refractivity contribution in [2.24, 2.45) is 0 Å². The summed E-state index contributed by atoms with van der Waals surface area (Å²) in [6.45, 7) is 0.515. The average Bonchev–Trinajstić information content (AvgIpc) is 2.72. The molecule has 0 aliphatic carbocycles. The molecule has 17 heavy (non-hydrogen) atoms. The molecule has 0 radical (unpaired) electrons. The van der Waals surface area contributed by atoms with Gasteiger partial charge in [-0.2, -0.15) is 0 Å². The molecule has 2 N–H and O–H groups in total. The van der Waals surface area contributed by atoms with Crippen molar-refractivity contribution in [1.82, 2.24) is 15.0 Å². The predicted molar refractivity (Wildman–Crippen MR) is 67.8 cm³/mol. The molecule has 0 unspecified atom stereocenters. The summed E-state index contributed by atoms with van der Waals surface area (Å²) in [5.74, 6) is 0.313. The minimum Gasteiger partial charge on any atom is -0.382 e. The van der Waals surface area contributed by atoms with Crippen molar-refractivity contribution in [2.75, 3.05) is 12.0 Å². The number of nitrogens with two attached hydrogens (primary N) is 1. The van der Waals surface area contributed by atoms with E-state index in [-0.39, 0.29) is 10.8 Å². The minimum absolute atomic E-state index is 0.165. The molecule has 1 heterocycles. The first-order valence-corrected chi connectivity index (χ1v) is 6.26. The lowest BCUT2D eigenvalue weighted by atomic mass is 10.2.